The maximum absolute atomic E-state index is 13.5. The van der Waals surface area contributed by atoms with Gasteiger partial charge in [-0.2, -0.15) is 0 Å². The normalized spacial score (nSPS) is 26.0. The molecule has 0 unspecified atom stereocenters. The fraction of sp³-hybridized carbons (Fsp3) is 0.500. The van der Waals surface area contributed by atoms with Gasteiger partial charge >= 0.3 is 0 Å². The van der Waals surface area contributed by atoms with Crippen molar-refractivity contribution >= 4 is 0 Å². The SMILES string of the molecule is FC1(F)CCNC[C@@H]1c1ccncc1. The second-order valence-electron chi connectivity index (χ2n) is 3.55. The Kier molecular flexibility index (Phi) is 2.46. The highest BCUT2D eigenvalue weighted by Gasteiger charge is 2.42. The van der Waals surface area contributed by atoms with Gasteiger partial charge in [-0.25, -0.2) is 8.78 Å². The molecule has 0 saturated carbocycles. The van der Waals surface area contributed by atoms with Gasteiger partial charge in [-0.15, -0.1) is 0 Å². The van der Waals surface area contributed by atoms with E-state index in [0.29, 0.717) is 18.7 Å². The van der Waals surface area contributed by atoms with Crippen LogP contribution in [0.2, 0.25) is 0 Å². The van der Waals surface area contributed by atoms with Crippen LogP contribution in [0.1, 0.15) is 17.9 Å². The molecule has 2 rings (SSSR count). The fourth-order valence-corrected chi connectivity index (χ4v) is 1.78. The summed E-state index contributed by atoms with van der Waals surface area (Å²) in [6.07, 6.45) is 3.03. The molecule has 1 atom stereocenters. The van der Waals surface area contributed by atoms with Gasteiger partial charge in [-0.05, 0) is 17.7 Å². The number of aromatic nitrogens is 1. The second kappa shape index (κ2) is 3.61. The first kappa shape index (κ1) is 9.52. The van der Waals surface area contributed by atoms with Crippen molar-refractivity contribution in [2.45, 2.75) is 18.3 Å². The largest absolute Gasteiger partial charge is 0.316 e. The van der Waals surface area contributed by atoms with Crippen LogP contribution in [0.15, 0.2) is 24.5 Å². The molecule has 0 amide bonds. The maximum Gasteiger partial charge on any atom is 0.257 e. The first-order valence-electron chi connectivity index (χ1n) is 4.68. The third-order valence-corrected chi connectivity index (χ3v) is 2.60. The Bertz CT molecular complexity index is 300. The number of rotatable bonds is 1. The number of nitrogens with one attached hydrogen (secondary N) is 1. The minimum atomic E-state index is -2.59. The molecule has 2 nitrogen and oxygen atoms in total. The molecule has 1 aliphatic heterocycles. The Labute approximate surface area is 81.4 Å². The summed E-state index contributed by atoms with van der Waals surface area (Å²) in [6.45, 7) is 0.742. The number of alkyl halides is 2. The van der Waals surface area contributed by atoms with E-state index in [2.05, 4.69) is 10.3 Å². The summed E-state index contributed by atoms with van der Waals surface area (Å²) in [5, 5.41) is 2.99. The van der Waals surface area contributed by atoms with Crippen LogP contribution in [0, 0.1) is 0 Å². The van der Waals surface area contributed by atoms with Gasteiger partial charge in [0, 0.05) is 31.9 Å². The second-order valence-corrected chi connectivity index (χ2v) is 3.55. The van der Waals surface area contributed by atoms with E-state index in [1.54, 1.807) is 24.5 Å². The average Bonchev–Trinajstić information content (AvgIpc) is 2.18. The molecule has 1 aromatic heterocycles. The van der Waals surface area contributed by atoms with Gasteiger partial charge in [0.1, 0.15) is 0 Å². The van der Waals surface area contributed by atoms with Gasteiger partial charge < -0.3 is 5.32 Å². The molecule has 0 bridgehead atoms. The van der Waals surface area contributed by atoms with E-state index in [1.165, 1.54) is 0 Å². The summed E-state index contributed by atoms with van der Waals surface area (Å²) < 4.78 is 27.0. The van der Waals surface area contributed by atoms with Crippen molar-refractivity contribution in [1.29, 1.82) is 0 Å². The van der Waals surface area contributed by atoms with Crippen molar-refractivity contribution in [2.75, 3.05) is 13.1 Å². The molecular weight excluding hydrogens is 186 g/mol. The molecule has 0 radical (unpaired) electrons. The number of nitrogens with zero attached hydrogens (tertiary/aromatic N) is 1. The summed E-state index contributed by atoms with van der Waals surface area (Å²) in [5.74, 6) is -3.30. The van der Waals surface area contributed by atoms with E-state index in [-0.39, 0.29) is 6.42 Å². The van der Waals surface area contributed by atoms with Gasteiger partial charge in [-0.1, -0.05) is 0 Å². The lowest BCUT2D eigenvalue weighted by Gasteiger charge is -2.32. The summed E-state index contributed by atoms with van der Waals surface area (Å²) in [5.41, 5.74) is 0.664. The first-order chi connectivity index (χ1) is 6.70. The van der Waals surface area contributed by atoms with Crippen LogP contribution >= 0.6 is 0 Å². The zero-order valence-electron chi connectivity index (χ0n) is 7.71. The lowest BCUT2D eigenvalue weighted by Crippen LogP contribution is -2.42. The van der Waals surface area contributed by atoms with E-state index in [1.807, 2.05) is 0 Å². The van der Waals surface area contributed by atoms with Gasteiger partial charge in [0.15, 0.2) is 0 Å². The van der Waals surface area contributed by atoms with Crippen molar-refractivity contribution in [3.63, 3.8) is 0 Å². The zero-order valence-corrected chi connectivity index (χ0v) is 7.71. The van der Waals surface area contributed by atoms with E-state index in [9.17, 15) is 8.78 Å². The predicted molar refractivity (Wildman–Crippen MR) is 49.4 cm³/mol. The van der Waals surface area contributed by atoms with Crippen LogP contribution < -0.4 is 5.32 Å². The number of hydrogen-bond acceptors (Lipinski definition) is 2. The lowest BCUT2D eigenvalue weighted by atomic mass is 9.89. The summed E-state index contributed by atoms with van der Waals surface area (Å²) in [4.78, 5) is 3.82. The molecule has 76 valence electrons. The highest BCUT2D eigenvalue weighted by molar-refractivity contribution is 5.20. The van der Waals surface area contributed by atoms with Crippen LogP contribution in [0.4, 0.5) is 8.78 Å². The summed E-state index contributed by atoms with van der Waals surface area (Å²) in [7, 11) is 0. The summed E-state index contributed by atoms with van der Waals surface area (Å²) >= 11 is 0. The maximum atomic E-state index is 13.5. The Morgan fingerprint density at radius 1 is 1.36 bits per heavy atom. The number of pyridine rings is 1. The molecule has 0 aliphatic carbocycles. The molecule has 1 aromatic rings. The monoisotopic (exact) mass is 198 g/mol. The third-order valence-electron chi connectivity index (χ3n) is 2.60. The lowest BCUT2D eigenvalue weighted by molar-refractivity contribution is -0.0479. The van der Waals surface area contributed by atoms with Gasteiger partial charge in [0.05, 0.1) is 5.92 Å². The van der Waals surface area contributed by atoms with Crippen LogP contribution in [0.5, 0.6) is 0 Å². The smallest absolute Gasteiger partial charge is 0.257 e. The predicted octanol–water partition coefficient (Wildman–Crippen LogP) is 1.79. The van der Waals surface area contributed by atoms with Crippen LogP contribution in [-0.2, 0) is 0 Å². The van der Waals surface area contributed by atoms with Crippen LogP contribution in [0.25, 0.3) is 0 Å². The third kappa shape index (κ3) is 1.75. The molecule has 1 fully saturated rings. The standard InChI is InChI=1S/C10H12F2N2/c11-10(12)3-6-14-7-9(10)8-1-4-13-5-2-8/h1-2,4-5,9,14H,3,6-7H2/t9-/m1/s1. The molecule has 2 heterocycles. The number of halogens is 2. The van der Waals surface area contributed by atoms with Crippen molar-refractivity contribution < 1.29 is 8.78 Å². The van der Waals surface area contributed by atoms with Gasteiger partial charge in [0.2, 0.25) is 0 Å². The molecule has 1 saturated heterocycles. The minimum Gasteiger partial charge on any atom is -0.316 e. The Morgan fingerprint density at radius 2 is 2.07 bits per heavy atom. The van der Waals surface area contributed by atoms with Crippen LogP contribution in [0.3, 0.4) is 0 Å². The van der Waals surface area contributed by atoms with E-state index < -0.39 is 11.8 Å². The van der Waals surface area contributed by atoms with E-state index in [4.69, 9.17) is 0 Å². The van der Waals surface area contributed by atoms with Crippen molar-refractivity contribution in [2.24, 2.45) is 0 Å². The van der Waals surface area contributed by atoms with Crippen molar-refractivity contribution in [3.05, 3.63) is 30.1 Å². The highest BCUT2D eigenvalue weighted by atomic mass is 19.3. The Balaban J connectivity index is 2.24. The van der Waals surface area contributed by atoms with Crippen molar-refractivity contribution in [1.82, 2.24) is 10.3 Å². The molecule has 0 spiro atoms. The highest BCUT2D eigenvalue weighted by Crippen LogP contribution is 2.37. The molecule has 14 heavy (non-hydrogen) atoms. The molecular formula is C10H12F2N2. The quantitative estimate of drug-likeness (QED) is 0.744. The molecule has 4 heteroatoms. The molecule has 1 aliphatic rings. The topological polar surface area (TPSA) is 24.9 Å². The number of piperidine rings is 1. The fourth-order valence-electron chi connectivity index (χ4n) is 1.78. The molecule has 1 N–H and O–H groups in total. The van der Waals surface area contributed by atoms with Gasteiger partial charge in [0.25, 0.3) is 5.92 Å². The Hall–Kier alpha value is -1.03. The van der Waals surface area contributed by atoms with E-state index in [0.717, 1.165) is 0 Å². The zero-order chi connectivity index (χ0) is 10.0. The molecule has 0 aromatic carbocycles. The minimum absolute atomic E-state index is 0.0833. The Morgan fingerprint density at radius 3 is 2.71 bits per heavy atom. The van der Waals surface area contributed by atoms with Crippen LogP contribution in [-0.4, -0.2) is 24.0 Å². The first-order valence-corrected chi connectivity index (χ1v) is 4.68. The average molecular weight is 198 g/mol. The summed E-state index contributed by atoms with van der Waals surface area (Å²) in [6, 6.07) is 3.32. The number of hydrogen-bond donors (Lipinski definition) is 1. The van der Waals surface area contributed by atoms with Gasteiger partial charge in [-0.3, -0.25) is 4.98 Å². The van der Waals surface area contributed by atoms with Crippen molar-refractivity contribution in [3.8, 4) is 0 Å². The van der Waals surface area contributed by atoms with E-state index >= 15 is 0 Å².